The van der Waals surface area contributed by atoms with Crippen molar-refractivity contribution < 1.29 is 8.76 Å². The topological polar surface area (TPSA) is 81.2 Å². The van der Waals surface area contributed by atoms with E-state index >= 15 is 0 Å². The second-order valence-electron chi connectivity index (χ2n) is 9.54. The average molecular weight is 534 g/mol. The molecule has 1 aliphatic rings. The summed E-state index contributed by atoms with van der Waals surface area (Å²) in [6.45, 7) is 3.20. The fraction of sp³-hybridized carbons (Fsp3) is 0.310. The lowest BCUT2D eigenvalue weighted by molar-refractivity contribution is 0.162. The molecule has 0 saturated carbocycles. The van der Waals surface area contributed by atoms with Gasteiger partial charge in [0.05, 0.1) is 22.4 Å². The van der Waals surface area contributed by atoms with Gasteiger partial charge in [-0.2, -0.15) is 0 Å². The SMILES string of the molecule is O=S([O-])NCCC(Cl)C1CCCN(Cc2ccc(-c3nc4ccccc4nc3-c3ccccc3)cc2)C1. The van der Waals surface area contributed by atoms with Crippen molar-refractivity contribution in [3.8, 4) is 22.5 Å². The first kappa shape index (κ1) is 25.9. The van der Waals surface area contributed by atoms with E-state index in [4.69, 9.17) is 21.6 Å². The van der Waals surface area contributed by atoms with Crippen molar-refractivity contribution in [2.75, 3.05) is 19.6 Å². The maximum atomic E-state index is 10.7. The van der Waals surface area contributed by atoms with Gasteiger partial charge in [0.2, 0.25) is 0 Å². The smallest absolute Gasteiger partial charge is 0.0973 e. The van der Waals surface area contributed by atoms with Crippen LogP contribution in [0.25, 0.3) is 33.5 Å². The maximum absolute atomic E-state index is 10.7. The number of nitrogens with zero attached hydrogens (tertiary/aromatic N) is 3. The molecule has 1 fully saturated rings. The third-order valence-electron chi connectivity index (χ3n) is 6.94. The molecular weight excluding hydrogens is 504 g/mol. The van der Waals surface area contributed by atoms with E-state index in [0.717, 1.165) is 66.0 Å². The van der Waals surface area contributed by atoms with Crippen molar-refractivity contribution in [2.24, 2.45) is 5.92 Å². The van der Waals surface area contributed by atoms with E-state index in [-0.39, 0.29) is 5.38 Å². The van der Waals surface area contributed by atoms with Gasteiger partial charge in [-0.05, 0) is 49.4 Å². The Balaban J connectivity index is 1.31. The second-order valence-corrected chi connectivity index (χ2v) is 10.9. The van der Waals surface area contributed by atoms with Crippen molar-refractivity contribution in [3.05, 3.63) is 84.4 Å². The summed E-state index contributed by atoms with van der Waals surface area (Å²) in [6, 6.07) is 26.8. The highest BCUT2D eigenvalue weighted by Crippen LogP contribution is 2.32. The quantitative estimate of drug-likeness (QED) is 0.225. The van der Waals surface area contributed by atoms with Gasteiger partial charge in [0.15, 0.2) is 0 Å². The van der Waals surface area contributed by atoms with E-state index in [0.29, 0.717) is 18.9 Å². The van der Waals surface area contributed by atoms with Crippen LogP contribution in [0.15, 0.2) is 78.9 Å². The van der Waals surface area contributed by atoms with Gasteiger partial charge in [-0.1, -0.05) is 66.7 Å². The lowest BCUT2D eigenvalue weighted by atomic mass is 9.92. The number of piperidine rings is 1. The van der Waals surface area contributed by atoms with Gasteiger partial charge in [-0.25, -0.2) is 14.7 Å². The molecule has 6 nitrogen and oxygen atoms in total. The number of nitrogens with one attached hydrogen (secondary N) is 1. The number of likely N-dealkylation sites (tertiary alicyclic amines) is 1. The minimum Gasteiger partial charge on any atom is -0.760 e. The van der Waals surface area contributed by atoms with Crippen LogP contribution in [0.1, 0.15) is 24.8 Å². The zero-order valence-electron chi connectivity index (χ0n) is 20.6. The molecule has 0 radical (unpaired) electrons. The first-order valence-electron chi connectivity index (χ1n) is 12.7. The van der Waals surface area contributed by atoms with E-state index in [1.165, 1.54) is 5.56 Å². The second kappa shape index (κ2) is 12.2. The number of halogens is 1. The molecular formula is C29H30ClN4O2S-. The van der Waals surface area contributed by atoms with Gasteiger partial charge in [0.1, 0.15) is 0 Å². The minimum atomic E-state index is -2.23. The predicted molar refractivity (Wildman–Crippen MR) is 150 cm³/mol. The molecule has 3 unspecified atom stereocenters. The van der Waals surface area contributed by atoms with Gasteiger partial charge in [-0.15, -0.1) is 11.6 Å². The zero-order valence-corrected chi connectivity index (χ0v) is 22.1. The molecule has 2 heterocycles. The van der Waals surface area contributed by atoms with Gasteiger partial charge < -0.3 is 4.55 Å². The predicted octanol–water partition coefficient (Wildman–Crippen LogP) is 5.56. The van der Waals surface area contributed by atoms with Gasteiger partial charge in [0, 0.05) is 47.4 Å². The molecule has 3 atom stereocenters. The lowest BCUT2D eigenvalue weighted by Gasteiger charge is -2.35. The summed E-state index contributed by atoms with van der Waals surface area (Å²) >= 11 is 4.39. The zero-order chi connectivity index (χ0) is 25.6. The fourth-order valence-corrected chi connectivity index (χ4v) is 5.67. The number of fused-ring (bicyclic) bond motifs is 1. The fourth-order valence-electron chi connectivity index (χ4n) is 5.07. The molecule has 192 valence electrons. The molecule has 0 spiro atoms. The molecule has 5 rings (SSSR count). The van der Waals surface area contributed by atoms with Crippen molar-refractivity contribution in [2.45, 2.75) is 31.2 Å². The van der Waals surface area contributed by atoms with Gasteiger partial charge in [0.25, 0.3) is 0 Å². The first-order valence-corrected chi connectivity index (χ1v) is 14.2. The molecule has 0 aliphatic carbocycles. The standard InChI is InChI=1S/C29H31ClN4O2S/c30-25(16-17-31-37(35)36)24-9-6-18-34(20-24)19-21-12-14-23(15-13-21)29-28(22-7-2-1-3-8-22)32-26-10-4-5-11-27(26)33-29/h1-5,7-8,10-15,24-25,31H,6,9,16-20H2,(H,35,36)/p-1. The number of hydrogen-bond donors (Lipinski definition) is 1. The molecule has 0 bridgehead atoms. The maximum Gasteiger partial charge on any atom is 0.0973 e. The number of aromatic nitrogens is 2. The Labute approximate surface area is 225 Å². The largest absolute Gasteiger partial charge is 0.760 e. The number of alkyl halides is 1. The van der Waals surface area contributed by atoms with Crippen molar-refractivity contribution >= 4 is 33.9 Å². The third kappa shape index (κ3) is 6.61. The van der Waals surface area contributed by atoms with Crippen LogP contribution in [0.4, 0.5) is 0 Å². The van der Waals surface area contributed by atoms with Gasteiger partial charge >= 0.3 is 0 Å². The highest BCUT2D eigenvalue weighted by molar-refractivity contribution is 7.77. The van der Waals surface area contributed by atoms with E-state index in [1.54, 1.807) is 0 Å². The van der Waals surface area contributed by atoms with Gasteiger partial charge in [-0.3, -0.25) is 9.11 Å². The van der Waals surface area contributed by atoms with Crippen LogP contribution >= 0.6 is 11.6 Å². The summed E-state index contributed by atoms with van der Waals surface area (Å²) in [5, 5.41) is -0.0379. The summed E-state index contributed by atoms with van der Waals surface area (Å²) in [4.78, 5) is 12.4. The van der Waals surface area contributed by atoms with E-state index in [2.05, 4.69) is 46.0 Å². The number of rotatable bonds is 9. The molecule has 37 heavy (non-hydrogen) atoms. The number of benzene rings is 3. The van der Waals surface area contributed by atoms with E-state index < -0.39 is 11.3 Å². The molecule has 1 aromatic heterocycles. The van der Waals surface area contributed by atoms with Crippen LogP contribution in [-0.2, 0) is 17.8 Å². The Morgan fingerprint density at radius 1 is 0.946 bits per heavy atom. The van der Waals surface area contributed by atoms with Crippen LogP contribution in [0.3, 0.4) is 0 Å². The summed E-state index contributed by atoms with van der Waals surface area (Å²) < 4.78 is 23.8. The van der Waals surface area contributed by atoms with Crippen molar-refractivity contribution in [1.29, 1.82) is 0 Å². The Kier molecular flexibility index (Phi) is 8.59. The summed E-state index contributed by atoms with van der Waals surface area (Å²) in [7, 11) is 0. The van der Waals surface area contributed by atoms with Crippen LogP contribution in [-0.4, -0.2) is 48.6 Å². The Bertz CT molecular complexity index is 1350. The highest BCUT2D eigenvalue weighted by atomic mass is 35.5. The molecule has 1 aliphatic heterocycles. The molecule has 4 aromatic rings. The highest BCUT2D eigenvalue weighted by Gasteiger charge is 2.26. The Hall–Kier alpha value is -2.68. The molecule has 3 aromatic carbocycles. The van der Waals surface area contributed by atoms with Crippen molar-refractivity contribution in [3.63, 3.8) is 0 Å². The Morgan fingerprint density at radius 3 is 2.22 bits per heavy atom. The number of hydrogen-bond acceptors (Lipinski definition) is 5. The summed E-state index contributed by atoms with van der Waals surface area (Å²) in [5.74, 6) is 0.359. The third-order valence-corrected chi connectivity index (χ3v) is 7.96. The van der Waals surface area contributed by atoms with E-state index in [9.17, 15) is 8.76 Å². The minimum absolute atomic E-state index is 0.0379. The molecule has 0 amide bonds. The van der Waals surface area contributed by atoms with E-state index in [1.807, 2.05) is 42.5 Å². The molecule has 8 heteroatoms. The van der Waals surface area contributed by atoms with Crippen LogP contribution in [0.5, 0.6) is 0 Å². The first-order chi connectivity index (χ1) is 18.1. The Morgan fingerprint density at radius 2 is 1.57 bits per heavy atom. The van der Waals surface area contributed by atoms with Crippen LogP contribution in [0, 0.1) is 5.92 Å². The average Bonchev–Trinajstić information content (AvgIpc) is 2.93. The monoisotopic (exact) mass is 533 g/mol. The summed E-state index contributed by atoms with van der Waals surface area (Å²) in [6.07, 6.45) is 2.81. The van der Waals surface area contributed by atoms with Crippen LogP contribution < -0.4 is 4.72 Å². The molecule has 1 N–H and O–H groups in total. The normalized spacial score (nSPS) is 18.1. The number of para-hydroxylation sites is 2. The summed E-state index contributed by atoms with van der Waals surface area (Å²) in [5.41, 5.74) is 6.87. The lowest BCUT2D eigenvalue weighted by Crippen LogP contribution is -2.39. The molecule has 1 saturated heterocycles. The van der Waals surface area contributed by atoms with Crippen LogP contribution in [0.2, 0.25) is 0 Å². The van der Waals surface area contributed by atoms with Crippen molar-refractivity contribution in [1.82, 2.24) is 19.6 Å².